The topological polar surface area (TPSA) is 37.3 Å². The van der Waals surface area contributed by atoms with E-state index in [-0.39, 0.29) is 17.5 Å². The Morgan fingerprint density at radius 2 is 1.78 bits per heavy atom. The molecule has 1 atom stereocenters. The lowest BCUT2D eigenvalue weighted by Gasteiger charge is -2.38. The molecule has 1 aliphatic rings. The first-order valence-corrected chi connectivity index (χ1v) is 8.98. The number of alkyl halides is 2. The summed E-state index contributed by atoms with van der Waals surface area (Å²) in [5, 5.41) is 10.1. The predicted molar refractivity (Wildman–Crippen MR) is 89.7 cm³/mol. The van der Waals surface area contributed by atoms with Crippen LogP contribution >= 0.6 is 0 Å². The van der Waals surface area contributed by atoms with Gasteiger partial charge in [0.1, 0.15) is 0 Å². The van der Waals surface area contributed by atoms with Gasteiger partial charge in [-0.3, -0.25) is 4.79 Å². The molecule has 0 saturated heterocycles. The van der Waals surface area contributed by atoms with E-state index in [4.69, 9.17) is 0 Å². The zero-order chi connectivity index (χ0) is 17.7. The van der Waals surface area contributed by atoms with Crippen molar-refractivity contribution in [2.45, 2.75) is 85.0 Å². The fourth-order valence-corrected chi connectivity index (χ4v) is 3.74. The van der Waals surface area contributed by atoms with Crippen LogP contribution < -0.4 is 0 Å². The molecule has 4 heteroatoms. The number of aliphatic hydroxyl groups is 1. The number of carbonyl (C=O) groups is 1. The number of rotatable bonds is 8. The molecule has 0 heterocycles. The summed E-state index contributed by atoms with van der Waals surface area (Å²) in [5.41, 5.74) is 0.360. The van der Waals surface area contributed by atoms with E-state index in [1.54, 1.807) is 6.92 Å². The van der Waals surface area contributed by atoms with Gasteiger partial charge in [-0.1, -0.05) is 33.6 Å². The van der Waals surface area contributed by atoms with Crippen molar-refractivity contribution in [3.63, 3.8) is 0 Å². The van der Waals surface area contributed by atoms with E-state index in [0.717, 1.165) is 45.4 Å². The van der Waals surface area contributed by atoms with Gasteiger partial charge in [0.05, 0.1) is 5.76 Å². The molecular formula is C19H32F2O2. The summed E-state index contributed by atoms with van der Waals surface area (Å²) in [7, 11) is 0. The molecule has 0 spiro atoms. The molecule has 0 aromatic carbocycles. The number of allylic oxidation sites excluding steroid dienone is 2. The Hall–Kier alpha value is -0.930. The molecule has 2 nitrogen and oxygen atoms in total. The third-order valence-electron chi connectivity index (χ3n) is 5.75. The van der Waals surface area contributed by atoms with Gasteiger partial charge < -0.3 is 5.11 Å². The summed E-state index contributed by atoms with van der Waals surface area (Å²) in [5.74, 6) is -3.82. The zero-order valence-corrected chi connectivity index (χ0v) is 15.0. The molecule has 23 heavy (non-hydrogen) atoms. The first kappa shape index (κ1) is 20.1. The highest BCUT2D eigenvalue weighted by atomic mass is 19.3. The molecule has 1 saturated carbocycles. The van der Waals surface area contributed by atoms with Crippen LogP contribution in [0.2, 0.25) is 0 Å². The predicted octanol–water partition coefficient (Wildman–Crippen LogP) is 6.07. The van der Waals surface area contributed by atoms with Crippen molar-refractivity contribution in [3.8, 4) is 0 Å². The van der Waals surface area contributed by atoms with Crippen LogP contribution in [-0.4, -0.2) is 16.8 Å². The molecule has 0 aromatic heterocycles. The van der Waals surface area contributed by atoms with Crippen LogP contribution in [0, 0.1) is 17.3 Å². The molecule has 1 unspecified atom stereocenters. The van der Waals surface area contributed by atoms with Crippen molar-refractivity contribution in [2.75, 3.05) is 0 Å². The molecule has 0 bridgehead atoms. The molecule has 1 rings (SSSR count). The first-order valence-electron chi connectivity index (χ1n) is 8.98. The smallest absolute Gasteiger partial charge is 0.246 e. The maximum Gasteiger partial charge on any atom is 0.246 e. The van der Waals surface area contributed by atoms with E-state index in [0.29, 0.717) is 11.8 Å². The second kappa shape index (κ2) is 8.25. The fourth-order valence-electron chi connectivity index (χ4n) is 3.74. The third-order valence-corrected chi connectivity index (χ3v) is 5.75. The third kappa shape index (κ3) is 5.89. The van der Waals surface area contributed by atoms with E-state index in [1.807, 2.05) is 0 Å². The van der Waals surface area contributed by atoms with Gasteiger partial charge in [0.2, 0.25) is 5.92 Å². The van der Waals surface area contributed by atoms with Crippen molar-refractivity contribution in [2.24, 2.45) is 17.3 Å². The number of aliphatic hydroxyl groups excluding tert-OH is 1. The van der Waals surface area contributed by atoms with Gasteiger partial charge in [-0.2, -0.15) is 0 Å². The van der Waals surface area contributed by atoms with Crippen LogP contribution in [0.3, 0.4) is 0 Å². The molecule has 0 amide bonds. The van der Waals surface area contributed by atoms with E-state index < -0.39 is 18.3 Å². The zero-order valence-electron chi connectivity index (χ0n) is 15.0. The van der Waals surface area contributed by atoms with Gasteiger partial charge in [0.15, 0.2) is 5.78 Å². The number of carbonyl (C=O) groups excluding carboxylic acids is 1. The highest BCUT2D eigenvalue weighted by Gasteiger charge is 2.35. The minimum atomic E-state index is -2.84. The number of hydrogen-bond donors (Lipinski definition) is 1. The minimum Gasteiger partial charge on any atom is -0.512 e. The van der Waals surface area contributed by atoms with Gasteiger partial charge >= 0.3 is 0 Å². The minimum absolute atomic E-state index is 0.0667. The van der Waals surface area contributed by atoms with Crippen molar-refractivity contribution in [3.05, 3.63) is 11.8 Å². The van der Waals surface area contributed by atoms with Gasteiger partial charge in [-0.25, -0.2) is 8.78 Å². The lowest BCUT2D eigenvalue weighted by molar-refractivity contribution is -0.120. The molecule has 0 aliphatic heterocycles. The van der Waals surface area contributed by atoms with Gasteiger partial charge in [0.25, 0.3) is 0 Å². The summed E-state index contributed by atoms with van der Waals surface area (Å²) in [6.45, 7) is 7.01. The summed E-state index contributed by atoms with van der Waals surface area (Å²) >= 11 is 0. The molecule has 1 N–H and O–H groups in total. The highest BCUT2D eigenvalue weighted by Crippen LogP contribution is 2.44. The molecule has 1 aliphatic carbocycles. The monoisotopic (exact) mass is 330 g/mol. The van der Waals surface area contributed by atoms with E-state index in [2.05, 4.69) is 13.8 Å². The summed E-state index contributed by atoms with van der Waals surface area (Å²) in [6, 6.07) is 0. The van der Waals surface area contributed by atoms with Crippen molar-refractivity contribution in [1.82, 2.24) is 0 Å². The molecule has 134 valence electrons. The SMILES string of the molecule is CCC(CC(C)(F)F)C(O)=CC(=O)C1CCC(CC)(CC)CC1. The number of ketones is 1. The fraction of sp³-hybridized carbons (Fsp3) is 0.842. The summed E-state index contributed by atoms with van der Waals surface area (Å²) < 4.78 is 26.3. The van der Waals surface area contributed by atoms with Gasteiger partial charge in [-0.05, 0) is 44.4 Å². The Bertz CT molecular complexity index is 410. The Morgan fingerprint density at radius 1 is 1.26 bits per heavy atom. The van der Waals surface area contributed by atoms with Crippen LogP contribution in [0.15, 0.2) is 11.8 Å². The second-order valence-electron chi connectivity index (χ2n) is 7.33. The number of hydrogen-bond acceptors (Lipinski definition) is 2. The van der Waals surface area contributed by atoms with Crippen molar-refractivity contribution in [1.29, 1.82) is 0 Å². The largest absolute Gasteiger partial charge is 0.512 e. The quantitative estimate of drug-likeness (QED) is 0.433. The Balaban J connectivity index is 2.67. The normalized spacial score (nSPS) is 21.2. The van der Waals surface area contributed by atoms with Crippen LogP contribution in [0.1, 0.15) is 79.1 Å². The van der Waals surface area contributed by atoms with Crippen LogP contribution in [0.4, 0.5) is 8.78 Å². The highest BCUT2D eigenvalue weighted by molar-refractivity contribution is 5.92. The van der Waals surface area contributed by atoms with E-state index in [1.165, 1.54) is 6.08 Å². The average molecular weight is 330 g/mol. The Labute approximate surface area is 139 Å². The summed E-state index contributed by atoms with van der Waals surface area (Å²) in [4.78, 5) is 12.4. The first-order chi connectivity index (χ1) is 10.7. The maximum atomic E-state index is 13.2. The molecule has 1 fully saturated rings. The maximum absolute atomic E-state index is 13.2. The van der Waals surface area contributed by atoms with E-state index in [9.17, 15) is 18.7 Å². The van der Waals surface area contributed by atoms with Gasteiger partial charge in [-0.15, -0.1) is 0 Å². The summed E-state index contributed by atoms with van der Waals surface area (Å²) in [6.07, 6.45) is 7.22. The standard InChI is InChI=1S/C19H32F2O2/c1-5-14(13-18(4,20)21)16(22)12-17(23)15-8-10-19(6-2,7-3)11-9-15/h12,14-15,22H,5-11,13H2,1-4H3. The Kier molecular flexibility index (Phi) is 7.22. The van der Waals surface area contributed by atoms with Gasteiger partial charge in [0, 0.05) is 24.3 Å². The lowest BCUT2D eigenvalue weighted by atomic mass is 9.66. The molecule has 0 aromatic rings. The van der Waals surface area contributed by atoms with E-state index >= 15 is 0 Å². The van der Waals surface area contributed by atoms with Crippen molar-refractivity contribution < 1.29 is 18.7 Å². The lowest BCUT2D eigenvalue weighted by Crippen LogP contribution is -2.29. The van der Waals surface area contributed by atoms with Crippen molar-refractivity contribution >= 4 is 5.78 Å². The number of halogens is 2. The second-order valence-corrected chi connectivity index (χ2v) is 7.33. The molecular weight excluding hydrogens is 298 g/mol. The van der Waals surface area contributed by atoms with Crippen LogP contribution in [0.25, 0.3) is 0 Å². The van der Waals surface area contributed by atoms with Crippen LogP contribution in [0.5, 0.6) is 0 Å². The van der Waals surface area contributed by atoms with Crippen LogP contribution in [-0.2, 0) is 4.79 Å². The Morgan fingerprint density at radius 3 is 2.17 bits per heavy atom. The average Bonchev–Trinajstić information content (AvgIpc) is 2.51. The molecule has 0 radical (unpaired) electrons.